The van der Waals surface area contributed by atoms with Gasteiger partial charge in [-0.15, -0.1) is 0 Å². The van der Waals surface area contributed by atoms with Gasteiger partial charge in [0, 0.05) is 37.0 Å². The first-order chi connectivity index (χ1) is 12.2. The number of halogens is 3. The lowest BCUT2D eigenvalue weighted by Crippen LogP contribution is -2.59. The summed E-state index contributed by atoms with van der Waals surface area (Å²) in [4.78, 5) is 13.1. The van der Waals surface area contributed by atoms with Gasteiger partial charge in [0.2, 0.25) is 0 Å². The summed E-state index contributed by atoms with van der Waals surface area (Å²) < 4.78 is 39.4. The third kappa shape index (κ3) is 4.11. The summed E-state index contributed by atoms with van der Waals surface area (Å²) in [6, 6.07) is 9.41. The van der Waals surface area contributed by atoms with E-state index in [2.05, 4.69) is 5.32 Å². The molecule has 2 fully saturated rings. The van der Waals surface area contributed by atoms with Crippen LogP contribution in [0.25, 0.3) is 6.08 Å². The summed E-state index contributed by atoms with van der Waals surface area (Å²) in [7, 11) is 0. The molecule has 142 valence electrons. The number of carbonyl (C=O) groups is 1. The van der Waals surface area contributed by atoms with Gasteiger partial charge in [-0.25, -0.2) is 0 Å². The van der Waals surface area contributed by atoms with Crippen LogP contribution in [0.15, 0.2) is 35.9 Å². The minimum absolute atomic E-state index is 0.0168. The topological polar surface area (TPSA) is 32.3 Å². The second-order valence-electron chi connectivity index (χ2n) is 7.74. The van der Waals surface area contributed by atoms with E-state index in [1.54, 1.807) is 0 Å². The Labute approximate surface area is 152 Å². The Balaban J connectivity index is 1.78. The molecule has 0 spiro atoms. The van der Waals surface area contributed by atoms with E-state index >= 15 is 0 Å². The zero-order chi connectivity index (χ0) is 18.9. The summed E-state index contributed by atoms with van der Waals surface area (Å²) in [5, 5.41) is 3.09. The second kappa shape index (κ2) is 7.06. The molecule has 6 heteroatoms. The fourth-order valence-corrected chi connectivity index (χ4v) is 3.74. The van der Waals surface area contributed by atoms with Crippen LogP contribution in [0.3, 0.4) is 0 Å². The van der Waals surface area contributed by atoms with E-state index in [-0.39, 0.29) is 23.9 Å². The fraction of sp³-hybridized carbons (Fsp3) is 0.550. The van der Waals surface area contributed by atoms with Gasteiger partial charge < -0.3 is 10.2 Å². The molecule has 3 nitrogen and oxygen atoms in total. The predicted molar refractivity (Wildman–Crippen MR) is 95.3 cm³/mol. The Morgan fingerprint density at radius 2 is 1.96 bits per heavy atom. The van der Waals surface area contributed by atoms with Crippen LogP contribution in [-0.4, -0.2) is 42.7 Å². The highest BCUT2D eigenvalue weighted by Gasteiger charge is 2.54. The third-order valence-electron chi connectivity index (χ3n) is 5.35. The van der Waals surface area contributed by atoms with E-state index in [0.717, 1.165) is 22.5 Å². The number of rotatable bonds is 6. The maximum absolute atomic E-state index is 13.1. The van der Waals surface area contributed by atoms with Crippen molar-refractivity contribution >= 4 is 12.0 Å². The van der Waals surface area contributed by atoms with Crippen LogP contribution < -0.4 is 5.32 Å². The molecule has 1 saturated heterocycles. The normalized spacial score (nSPS) is 24.7. The van der Waals surface area contributed by atoms with Gasteiger partial charge in [0.05, 0.1) is 0 Å². The number of benzene rings is 1. The smallest absolute Gasteiger partial charge is 0.331 e. The van der Waals surface area contributed by atoms with Crippen molar-refractivity contribution in [2.24, 2.45) is 11.3 Å². The van der Waals surface area contributed by atoms with Gasteiger partial charge >= 0.3 is 12.1 Å². The van der Waals surface area contributed by atoms with Gasteiger partial charge in [0.1, 0.15) is 0 Å². The van der Waals surface area contributed by atoms with Gasteiger partial charge in [0.25, 0.3) is 0 Å². The Morgan fingerprint density at radius 1 is 1.31 bits per heavy atom. The predicted octanol–water partition coefficient (Wildman–Crippen LogP) is 3.87. The zero-order valence-corrected chi connectivity index (χ0v) is 15.1. The standard InChI is InChI=1S/C20H25F3N2O/c1-3-15(9-14-7-5-4-6-8-14)16-10-17(16)25(18(26)20(21,22)23)13-19(2)11-24-12-19/h4-9,16-17,24H,3,10-13H2,1-2H3/t16?,17-/m0/s1. The SMILES string of the molecule is CCC(=Cc1ccccc1)C1C[C@@H]1N(CC1(C)CNC1)C(=O)C(F)(F)F. The molecule has 3 rings (SSSR count). The van der Waals surface area contributed by atoms with E-state index < -0.39 is 12.1 Å². The average Bonchev–Trinajstić information content (AvgIpc) is 3.35. The summed E-state index contributed by atoms with van der Waals surface area (Å²) >= 11 is 0. The van der Waals surface area contributed by atoms with Gasteiger partial charge in [-0.3, -0.25) is 4.79 Å². The van der Waals surface area contributed by atoms with Crippen LogP contribution in [0.4, 0.5) is 13.2 Å². The zero-order valence-electron chi connectivity index (χ0n) is 15.1. The van der Waals surface area contributed by atoms with Gasteiger partial charge in [0.15, 0.2) is 0 Å². The minimum Gasteiger partial charge on any atom is -0.331 e. The summed E-state index contributed by atoms with van der Waals surface area (Å²) in [5.41, 5.74) is 1.88. The maximum atomic E-state index is 13.1. The molecule has 1 aromatic rings. The highest BCUT2D eigenvalue weighted by Crippen LogP contribution is 2.45. The van der Waals surface area contributed by atoms with Crippen molar-refractivity contribution in [2.45, 2.75) is 38.9 Å². The maximum Gasteiger partial charge on any atom is 0.471 e. The monoisotopic (exact) mass is 366 g/mol. The Morgan fingerprint density at radius 3 is 2.46 bits per heavy atom. The first kappa shape index (κ1) is 19.0. The van der Waals surface area contributed by atoms with E-state index in [9.17, 15) is 18.0 Å². The van der Waals surface area contributed by atoms with Gasteiger partial charge in [-0.1, -0.05) is 55.8 Å². The Hall–Kier alpha value is -1.82. The molecule has 26 heavy (non-hydrogen) atoms. The molecule has 0 radical (unpaired) electrons. The fourth-order valence-electron chi connectivity index (χ4n) is 3.74. The van der Waals surface area contributed by atoms with Crippen LogP contribution >= 0.6 is 0 Å². The number of alkyl halides is 3. The molecule has 2 aliphatic rings. The lowest BCUT2D eigenvalue weighted by atomic mass is 9.83. The van der Waals surface area contributed by atoms with E-state index in [4.69, 9.17) is 0 Å². The molecule has 0 aromatic heterocycles. The summed E-state index contributed by atoms with van der Waals surface area (Å²) in [5.74, 6) is -1.68. The molecular formula is C20H25F3N2O. The largest absolute Gasteiger partial charge is 0.471 e. The first-order valence-corrected chi connectivity index (χ1v) is 9.07. The first-order valence-electron chi connectivity index (χ1n) is 9.07. The number of carbonyl (C=O) groups excluding carboxylic acids is 1. The van der Waals surface area contributed by atoms with E-state index in [1.165, 1.54) is 0 Å². The van der Waals surface area contributed by atoms with Crippen molar-refractivity contribution in [3.63, 3.8) is 0 Å². The molecular weight excluding hydrogens is 341 g/mol. The second-order valence-corrected chi connectivity index (χ2v) is 7.74. The molecule has 1 aromatic carbocycles. The van der Waals surface area contributed by atoms with Crippen LogP contribution in [0.1, 0.15) is 32.3 Å². The van der Waals surface area contributed by atoms with Crippen LogP contribution in [-0.2, 0) is 4.79 Å². The number of nitrogens with one attached hydrogen (secondary N) is 1. The van der Waals surface area contributed by atoms with E-state index in [1.807, 2.05) is 50.3 Å². The molecule has 1 saturated carbocycles. The lowest BCUT2D eigenvalue weighted by Gasteiger charge is -2.43. The van der Waals surface area contributed by atoms with Crippen molar-refractivity contribution in [3.05, 3.63) is 41.5 Å². The highest BCUT2D eigenvalue weighted by molar-refractivity contribution is 5.82. The van der Waals surface area contributed by atoms with Gasteiger partial charge in [-0.2, -0.15) is 13.2 Å². The van der Waals surface area contributed by atoms with Crippen molar-refractivity contribution in [1.82, 2.24) is 10.2 Å². The molecule has 1 unspecified atom stereocenters. The molecule has 1 aliphatic heterocycles. The molecule has 1 heterocycles. The quantitative estimate of drug-likeness (QED) is 0.829. The molecule has 1 aliphatic carbocycles. The average molecular weight is 366 g/mol. The van der Waals surface area contributed by atoms with Crippen LogP contribution in [0.2, 0.25) is 0 Å². The Kier molecular flexibility index (Phi) is 5.15. The van der Waals surface area contributed by atoms with Crippen LogP contribution in [0, 0.1) is 11.3 Å². The lowest BCUT2D eigenvalue weighted by molar-refractivity contribution is -0.188. The highest BCUT2D eigenvalue weighted by atomic mass is 19.4. The van der Waals surface area contributed by atoms with Gasteiger partial charge in [-0.05, 0) is 18.4 Å². The number of hydrogen-bond acceptors (Lipinski definition) is 2. The third-order valence-corrected chi connectivity index (χ3v) is 5.35. The molecule has 1 N–H and O–H groups in total. The van der Waals surface area contributed by atoms with Crippen molar-refractivity contribution in [2.75, 3.05) is 19.6 Å². The summed E-state index contributed by atoms with van der Waals surface area (Å²) in [6.07, 6.45) is -1.40. The number of amides is 1. The number of nitrogens with zero attached hydrogens (tertiary/aromatic N) is 1. The summed E-state index contributed by atoms with van der Waals surface area (Å²) in [6.45, 7) is 5.39. The molecule has 0 bridgehead atoms. The van der Waals surface area contributed by atoms with Crippen molar-refractivity contribution in [3.8, 4) is 0 Å². The van der Waals surface area contributed by atoms with E-state index in [0.29, 0.717) is 19.5 Å². The van der Waals surface area contributed by atoms with Crippen molar-refractivity contribution < 1.29 is 18.0 Å². The number of hydrogen-bond donors (Lipinski definition) is 1. The molecule has 2 atom stereocenters. The Bertz CT molecular complexity index is 680. The molecule has 1 amide bonds. The van der Waals surface area contributed by atoms with Crippen molar-refractivity contribution in [1.29, 1.82) is 0 Å². The van der Waals surface area contributed by atoms with Crippen LogP contribution in [0.5, 0.6) is 0 Å². The minimum atomic E-state index is -4.82.